The fraction of sp³-hybridized carbons (Fsp3) is 0.412. The first-order valence-electron chi connectivity index (χ1n) is 8.07. The van der Waals surface area contributed by atoms with Gasteiger partial charge in [0.2, 0.25) is 11.9 Å². The molecule has 0 fully saturated rings. The van der Waals surface area contributed by atoms with E-state index in [1.165, 1.54) is 0 Å². The van der Waals surface area contributed by atoms with Gasteiger partial charge in [0.15, 0.2) is 0 Å². The summed E-state index contributed by atoms with van der Waals surface area (Å²) >= 11 is 5.82. The first-order chi connectivity index (χ1) is 11.9. The summed E-state index contributed by atoms with van der Waals surface area (Å²) in [5, 5.41) is 6.57. The minimum atomic E-state index is -0.147. The highest BCUT2D eigenvalue weighted by molar-refractivity contribution is 6.30. The second-order valence-corrected chi connectivity index (χ2v) is 6.49. The van der Waals surface area contributed by atoms with E-state index < -0.39 is 0 Å². The Balaban J connectivity index is 1.90. The summed E-state index contributed by atoms with van der Waals surface area (Å²) in [6, 6.07) is 6.76. The van der Waals surface area contributed by atoms with Gasteiger partial charge in [-0.15, -0.1) is 0 Å². The Morgan fingerprint density at radius 2 is 1.80 bits per heavy atom. The van der Waals surface area contributed by atoms with Crippen molar-refractivity contribution in [3.05, 3.63) is 40.7 Å². The van der Waals surface area contributed by atoms with Gasteiger partial charge in [-0.2, -0.15) is 15.0 Å². The van der Waals surface area contributed by atoms with Crippen molar-refractivity contribution in [3.63, 3.8) is 0 Å². The van der Waals surface area contributed by atoms with Crippen LogP contribution >= 0.6 is 11.6 Å². The van der Waals surface area contributed by atoms with E-state index in [0.717, 1.165) is 5.82 Å². The standard InChI is InChI=1S/C17H23ClN6O/c1-11(2)14-21-16(23-17(22-14)24(3)4)20-10-9-19-15(25)12-5-7-13(18)8-6-12/h5-8,11H,9-10H2,1-4H3,(H,19,25)(H,20,21,22,23). The highest BCUT2D eigenvalue weighted by Crippen LogP contribution is 2.14. The van der Waals surface area contributed by atoms with Gasteiger partial charge in [-0.1, -0.05) is 25.4 Å². The molecule has 2 aromatic rings. The average molecular weight is 363 g/mol. The van der Waals surface area contributed by atoms with Crippen LogP contribution in [0.15, 0.2) is 24.3 Å². The lowest BCUT2D eigenvalue weighted by Crippen LogP contribution is -2.29. The monoisotopic (exact) mass is 362 g/mol. The van der Waals surface area contributed by atoms with E-state index in [9.17, 15) is 4.79 Å². The van der Waals surface area contributed by atoms with Gasteiger partial charge in [-0.25, -0.2) is 0 Å². The van der Waals surface area contributed by atoms with Crippen LogP contribution in [0.1, 0.15) is 35.9 Å². The molecule has 0 saturated carbocycles. The summed E-state index contributed by atoms with van der Waals surface area (Å²) in [6.07, 6.45) is 0. The van der Waals surface area contributed by atoms with E-state index in [1.54, 1.807) is 24.3 Å². The highest BCUT2D eigenvalue weighted by Gasteiger charge is 2.11. The van der Waals surface area contributed by atoms with Crippen LogP contribution in [0.3, 0.4) is 0 Å². The van der Waals surface area contributed by atoms with E-state index >= 15 is 0 Å². The molecule has 1 amide bonds. The van der Waals surface area contributed by atoms with Crippen molar-refractivity contribution in [1.82, 2.24) is 20.3 Å². The molecule has 7 nitrogen and oxygen atoms in total. The maximum atomic E-state index is 12.0. The van der Waals surface area contributed by atoms with Gasteiger partial charge in [0.05, 0.1) is 0 Å². The summed E-state index contributed by atoms with van der Waals surface area (Å²) in [6.45, 7) is 5.02. The zero-order chi connectivity index (χ0) is 18.4. The quantitative estimate of drug-likeness (QED) is 0.736. The lowest BCUT2D eigenvalue weighted by molar-refractivity contribution is 0.0955. The smallest absolute Gasteiger partial charge is 0.251 e. The number of benzene rings is 1. The van der Waals surface area contributed by atoms with Gasteiger partial charge >= 0.3 is 0 Å². The Morgan fingerprint density at radius 3 is 2.40 bits per heavy atom. The molecular formula is C17H23ClN6O. The first-order valence-corrected chi connectivity index (χ1v) is 8.45. The van der Waals surface area contributed by atoms with E-state index in [-0.39, 0.29) is 11.8 Å². The first kappa shape index (κ1) is 18.9. The predicted molar refractivity (Wildman–Crippen MR) is 101 cm³/mol. The van der Waals surface area contributed by atoms with Crippen LogP contribution < -0.4 is 15.5 Å². The van der Waals surface area contributed by atoms with Crippen molar-refractivity contribution >= 4 is 29.4 Å². The van der Waals surface area contributed by atoms with Crippen LogP contribution in [-0.4, -0.2) is 48.0 Å². The molecule has 0 radical (unpaired) electrons. The van der Waals surface area contributed by atoms with E-state index in [0.29, 0.717) is 35.6 Å². The molecule has 1 aromatic heterocycles. The molecule has 8 heteroatoms. The van der Waals surface area contributed by atoms with Crippen molar-refractivity contribution in [3.8, 4) is 0 Å². The average Bonchev–Trinajstić information content (AvgIpc) is 2.58. The molecule has 0 atom stereocenters. The lowest BCUT2D eigenvalue weighted by Gasteiger charge is -2.15. The van der Waals surface area contributed by atoms with Gasteiger partial charge in [-0.05, 0) is 24.3 Å². The lowest BCUT2D eigenvalue weighted by atomic mass is 10.2. The number of aromatic nitrogens is 3. The van der Waals surface area contributed by atoms with Crippen molar-refractivity contribution in [1.29, 1.82) is 0 Å². The Kier molecular flexibility index (Phi) is 6.52. The number of amides is 1. The minimum Gasteiger partial charge on any atom is -0.352 e. The molecule has 0 unspecified atom stereocenters. The summed E-state index contributed by atoms with van der Waals surface area (Å²) in [5.74, 6) is 1.89. The van der Waals surface area contributed by atoms with E-state index in [1.807, 2.05) is 32.8 Å². The molecule has 25 heavy (non-hydrogen) atoms. The third kappa shape index (κ3) is 5.56. The third-order valence-corrected chi connectivity index (χ3v) is 3.61. The maximum absolute atomic E-state index is 12.0. The Labute approximate surface area is 152 Å². The summed E-state index contributed by atoms with van der Waals surface area (Å²) in [4.78, 5) is 27.1. The number of halogens is 1. The predicted octanol–water partition coefficient (Wildman–Crippen LogP) is 2.56. The second kappa shape index (κ2) is 8.62. The molecule has 1 aromatic carbocycles. The van der Waals surface area contributed by atoms with Gasteiger partial charge in [0, 0.05) is 43.7 Å². The molecule has 0 aliphatic heterocycles. The largest absolute Gasteiger partial charge is 0.352 e. The second-order valence-electron chi connectivity index (χ2n) is 6.06. The fourth-order valence-electron chi connectivity index (χ4n) is 1.97. The van der Waals surface area contributed by atoms with Gasteiger partial charge in [0.1, 0.15) is 5.82 Å². The number of hydrogen-bond donors (Lipinski definition) is 2. The minimum absolute atomic E-state index is 0.147. The Morgan fingerprint density at radius 1 is 1.12 bits per heavy atom. The van der Waals surface area contributed by atoms with Crippen LogP contribution in [0.25, 0.3) is 0 Å². The number of carbonyl (C=O) groups excluding carboxylic acids is 1. The van der Waals surface area contributed by atoms with Crippen LogP contribution in [0.2, 0.25) is 5.02 Å². The third-order valence-electron chi connectivity index (χ3n) is 3.36. The normalized spacial score (nSPS) is 10.6. The summed E-state index contributed by atoms with van der Waals surface area (Å²) in [5.41, 5.74) is 0.571. The van der Waals surface area contributed by atoms with E-state index in [2.05, 4.69) is 25.6 Å². The van der Waals surface area contributed by atoms with Gasteiger partial charge in [0.25, 0.3) is 5.91 Å². The molecular weight excluding hydrogens is 340 g/mol. The molecule has 0 spiro atoms. The van der Waals surface area contributed by atoms with Gasteiger partial charge < -0.3 is 15.5 Å². The molecule has 0 bridgehead atoms. The van der Waals surface area contributed by atoms with Crippen molar-refractivity contribution in [2.24, 2.45) is 0 Å². The van der Waals surface area contributed by atoms with Crippen molar-refractivity contribution < 1.29 is 4.79 Å². The number of carbonyl (C=O) groups is 1. The molecule has 134 valence electrons. The fourth-order valence-corrected chi connectivity index (χ4v) is 2.10. The molecule has 0 aliphatic rings. The van der Waals surface area contributed by atoms with Crippen molar-refractivity contribution in [2.45, 2.75) is 19.8 Å². The maximum Gasteiger partial charge on any atom is 0.251 e. The van der Waals surface area contributed by atoms with Crippen LogP contribution in [0.4, 0.5) is 11.9 Å². The summed E-state index contributed by atoms with van der Waals surface area (Å²) < 4.78 is 0. The molecule has 1 heterocycles. The Bertz CT molecular complexity index is 691. The van der Waals surface area contributed by atoms with Crippen LogP contribution in [0, 0.1) is 0 Å². The molecule has 2 N–H and O–H groups in total. The molecule has 0 aliphatic carbocycles. The molecule has 0 saturated heterocycles. The van der Waals surface area contributed by atoms with Crippen molar-refractivity contribution in [2.75, 3.05) is 37.4 Å². The highest BCUT2D eigenvalue weighted by atomic mass is 35.5. The number of rotatable bonds is 7. The number of hydrogen-bond acceptors (Lipinski definition) is 6. The van der Waals surface area contributed by atoms with Crippen LogP contribution in [-0.2, 0) is 0 Å². The SMILES string of the molecule is CC(C)c1nc(NCCNC(=O)c2ccc(Cl)cc2)nc(N(C)C)n1. The van der Waals surface area contributed by atoms with Crippen LogP contribution in [0.5, 0.6) is 0 Å². The number of anilines is 2. The topological polar surface area (TPSA) is 83.0 Å². The Hall–Kier alpha value is -2.41. The summed E-state index contributed by atoms with van der Waals surface area (Å²) in [7, 11) is 3.77. The van der Waals surface area contributed by atoms with E-state index in [4.69, 9.17) is 11.6 Å². The number of nitrogens with one attached hydrogen (secondary N) is 2. The molecule has 2 rings (SSSR count). The zero-order valence-corrected chi connectivity index (χ0v) is 15.6. The number of nitrogens with zero attached hydrogens (tertiary/aromatic N) is 4. The zero-order valence-electron chi connectivity index (χ0n) is 14.9. The van der Waals surface area contributed by atoms with Gasteiger partial charge in [-0.3, -0.25) is 4.79 Å².